The Morgan fingerprint density at radius 2 is 0.877 bits per heavy atom. The van der Waals surface area contributed by atoms with Crippen molar-refractivity contribution in [2.45, 2.75) is 283 Å². The van der Waals surface area contributed by atoms with E-state index < -0.39 is 59.9 Å². The van der Waals surface area contributed by atoms with Gasteiger partial charge in [0.05, 0.1) is 60.6 Å². The molecule has 15 nitrogen and oxygen atoms in total. The number of amides is 1. The van der Waals surface area contributed by atoms with E-state index in [0.717, 1.165) is 51.4 Å². The highest BCUT2D eigenvalue weighted by Gasteiger charge is 2.28. The Morgan fingerprint density at radius 1 is 0.479 bits per heavy atom. The van der Waals surface area contributed by atoms with Gasteiger partial charge in [-0.25, -0.2) is 0 Å². The van der Waals surface area contributed by atoms with Crippen molar-refractivity contribution >= 4 is 29.8 Å². The zero-order valence-electron chi connectivity index (χ0n) is 48.3. The van der Waals surface area contributed by atoms with E-state index in [-0.39, 0.29) is 56.0 Å². The van der Waals surface area contributed by atoms with E-state index in [4.69, 9.17) is 37.9 Å². The van der Waals surface area contributed by atoms with Gasteiger partial charge >= 0.3 is 23.9 Å². The number of carbonyl (C=O) groups excluding carboxylic acids is 5. The molecule has 0 aromatic rings. The number of hydrogen-bond donors (Lipinski definition) is 2. The first-order valence-corrected chi connectivity index (χ1v) is 28.2. The highest BCUT2D eigenvalue weighted by Crippen LogP contribution is 2.23. The third-order valence-electron chi connectivity index (χ3n) is 13.3. The van der Waals surface area contributed by atoms with Crippen LogP contribution >= 0.6 is 0 Å². The van der Waals surface area contributed by atoms with E-state index in [2.05, 4.69) is 19.2 Å². The van der Waals surface area contributed by atoms with Crippen LogP contribution in [0, 0.1) is 0 Å². The Labute approximate surface area is 443 Å². The minimum Gasteiger partial charge on any atom is -0.463 e. The molecule has 15 heteroatoms. The average molecular weight is 1040 g/mol. The molecule has 0 bridgehead atoms. The number of aliphatic hydroxyl groups is 1. The third-order valence-corrected chi connectivity index (χ3v) is 13.3. The lowest BCUT2D eigenvalue weighted by Crippen LogP contribution is -2.46. The van der Waals surface area contributed by atoms with E-state index >= 15 is 0 Å². The molecule has 0 aliphatic heterocycles. The molecule has 0 aliphatic carbocycles. The van der Waals surface area contributed by atoms with Crippen molar-refractivity contribution < 1.29 is 67.0 Å². The van der Waals surface area contributed by atoms with Crippen molar-refractivity contribution in [2.75, 3.05) is 47.3 Å². The maximum atomic E-state index is 13.1. The van der Waals surface area contributed by atoms with E-state index in [1.807, 2.05) is 61.5 Å². The van der Waals surface area contributed by atoms with Gasteiger partial charge in [0.2, 0.25) is 5.91 Å². The fourth-order valence-electron chi connectivity index (χ4n) is 7.50. The summed E-state index contributed by atoms with van der Waals surface area (Å²) in [4.78, 5) is 64.9. The molecule has 0 saturated heterocycles. The van der Waals surface area contributed by atoms with Gasteiger partial charge in [-0.3, -0.25) is 24.0 Å². The number of esters is 4. The second-order valence-electron chi connectivity index (χ2n) is 22.2. The number of nitrogens with one attached hydrogen (secondary N) is 1. The Bertz CT molecular complexity index is 1490. The zero-order valence-corrected chi connectivity index (χ0v) is 48.3. The topological polar surface area (TPSA) is 191 Å². The number of hydrogen-bond acceptors (Lipinski definition) is 14. The van der Waals surface area contributed by atoms with Gasteiger partial charge in [0, 0.05) is 33.5 Å². The van der Waals surface area contributed by atoms with Crippen molar-refractivity contribution in [3.05, 3.63) is 12.2 Å². The number of rotatable bonds is 48. The number of allylic oxidation sites excluding steroid dienone is 1. The van der Waals surface area contributed by atoms with Crippen molar-refractivity contribution in [3.63, 3.8) is 0 Å². The molecule has 73 heavy (non-hydrogen) atoms. The molecule has 2 N–H and O–H groups in total. The van der Waals surface area contributed by atoms with Crippen LogP contribution in [0.15, 0.2) is 12.2 Å². The molecule has 3 atom stereocenters. The predicted octanol–water partition coefficient (Wildman–Crippen LogP) is 11.9. The summed E-state index contributed by atoms with van der Waals surface area (Å²) in [7, 11) is 3.29. The summed E-state index contributed by atoms with van der Waals surface area (Å²) in [6, 6.07) is -0.873. The van der Waals surface area contributed by atoms with Crippen LogP contribution in [0.25, 0.3) is 0 Å². The quantitative estimate of drug-likeness (QED) is 0.0253. The summed E-state index contributed by atoms with van der Waals surface area (Å²) >= 11 is 0. The number of unbranched alkanes of at least 4 members (excludes halogenated alkanes) is 16. The van der Waals surface area contributed by atoms with Crippen LogP contribution in [0.3, 0.4) is 0 Å². The van der Waals surface area contributed by atoms with Crippen molar-refractivity contribution in [2.24, 2.45) is 0 Å². The molecule has 0 aromatic heterocycles. The molecular weight excluding hydrogens is 935 g/mol. The van der Waals surface area contributed by atoms with Crippen LogP contribution < -0.4 is 5.32 Å². The lowest BCUT2D eigenvalue weighted by Gasteiger charge is -2.29. The van der Waals surface area contributed by atoms with Crippen LogP contribution in [0.5, 0.6) is 0 Å². The molecule has 0 rings (SSSR count). The van der Waals surface area contributed by atoms with Crippen molar-refractivity contribution in [3.8, 4) is 0 Å². The zero-order chi connectivity index (χ0) is 55.0. The van der Waals surface area contributed by atoms with E-state index in [1.54, 1.807) is 20.3 Å². The number of carbonyl (C=O) groups is 5. The minimum atomic E-state index is -1.12. The second kappa shape index (κ2) is 41.1. The molecule has 1 amide bonds. The van der Waals surface area contributed by atoms with Gasteiger partial charge in [-0.2, -0.15) is 0 Å². The van der Waals surface area contributed by atoms with Gasteiger partial charge in [0.15, 0.2) is 6.10 Å². The number of aliphatic hydroxyl groups excluding tert-OH is 1. The molecule has 0 aromatic carbocycles. The molecule has 3 unspecified atom stereocenters. The highest BCUT2D eigenvalue weighted by atomic mass is 16.6. The monoisotopic (exact) mass is 1040 g/mol. The molecular formula is C58H107NO14. The average Bonchev–Trinajstić information content (AvgIpc) is 3.33. The smallest absolute Gasteiger partial charge is 0.306 e. The van der Waals surface area contributed by atoms with E-state index in [1.165, 1.54) is 64.2 Å². The summed E-state index contributed by atoms with van der Waals surface area (Å²) in [6.07, 6.45) is 23.7. The van der Waals surface area contributed by atoms with Crippen LogP contribution in [0.2, 0.25) is 0 Å². The largest absolute Gasteiger partial charge is 0.463 e. The first-order valence-electron chi connectivity index (χ1n) is 28.2. The lowest BCUT2D eigenvalue weighted by atomic mass is 10.0. The van der Waals surface area contributed by atoms with Crippen LogP contribution in [-0.4, -0.2) is 123 Å². The van der Waals surface area contributed by atoms with Crippen LogP contribution in [-0.2, 0) is 61.9 Å². The minimum absolute atomic E-state index is 0.0132. The van der Waals surface area contributed by atoms with Crippen molar-refractivity contribution in [1.29, 1.82) is 0 Å². The van der Waals surface area contributed by atoms with Gasteiger partial charge < -0.3 is 48.3 Å². The molecule has 428 valence electrons. The Balaban J connectivity index is 5.45. The number of ether oxygens (including phenoxy) is 8. The summed E-state index contributed by atoms with van der Waals surface area (Å²) in [5.41, 5.74) is -1.98. The van der Waals surface area contributed by atoms with E-state index in [0.29, 0.717) is 45.3 Å². The summed E-state index contributed by atoms with van der Waals surface area (Å²) < 4.78 is 45.1. The SMILES string of the molecule is CCCCCCCCCCCCC/C=C/C(O)C(COC(=O)CCC(=O)OCC(COC(=O)CCC(C)(C)OCCC(C)(C)OC)OC(=O)CCC(C)(C)OCCC(C)(C)OC)NC(=O)CCCCCCCC. The molecule has 0 heterocycles. The molecule has 0 aliphatic rings. The second-order valence-corrected chi connectivity index (χ2v) is 22.2. The highest BCUT2D eigenvalue weighted by molar-refractivity contribution is 5.78. The van der Waals surface area contributed by atoms with Gasteiger partial charge in [-0.15, -0.1) is 0 Å². The summed E-state index contributed by atoms with van der Waals surface area (Å²) in [5, 5.41) is 14.0. The molecule has 0 radical (unpaired) electrons. The fraction of sp³-hybridized carbons (Fsp3) is 0.879. The first-order chi connectivity index (χ1) is 34.5. The number of methoxy groups -OCH3 is 2. The Hall–Kier alpha value is -3.11. The van der Waals surface area contributed by atoms with Gasteiger partial charge in [-0.05, 0) is 100 Å². The van der Waals surface area contributed by atoms with E-state index in [9.17, 15) is 29.1 Å². The summed E-state index contributed by atoms with van der Waals surface area (Å²) in [5.74, 6) is -2.84. The van der Waals surface area contributed by atoms with Gasteiger partial charge in [-0.1, -0.05) is 122 Å². The molecule has 0 fully saturated rings. The first kappa shape index (κ1) is 69.9. The Kier molecular flexibility index (Phi) is 39.4. The van der Waals surface area contributed by atoms with Crippen LogP contribution in [0.4, 0.5) is 0 Å². The normalized spacial score (nSPS) is 13.7. The lowest BCUT2D eigenvalue weighted by molar-refractivity contribution is -0.168. The van der Waals surface area contributed by atoms with Gasteiger partial charge in [0.1, 0.15) is 19.8 Å². The fourth-order valence-corrected chi connectivity index (χ4v) is 7.50. The standard InChI is InChI=1S/C58H107NO14/c1-13-15-17-19-21-22-23-24-25-26-27-28-30-32-49(60)48(59-50(61)33-31-29-20-18-16-14-2)46-70-52(63)35-34-51(62)68-44-47(73-54(65)37-39-58(9,10)72-43-41-56(5,6)67-12)45-69-53(64)36-38-57(7,8)71-42-40-55(3,4)66-11/h30,32,47-49,60H,13-29,31,33-46H2,1-12H3,(H,59,61)/b32-30+. The van der Waals surface area contributed by atoms with Gasteiger partial charge in [0.25, 0.3) is 0 Å². The van der Waals surface area contributed by atoms with Crippen molar-refractivity contribution in [1.82, 2.24) is 5.32 Å². The molecule has 0 saturated carbocycles. The summed E-state index contributed by atoms with van der Waals surface area (Å²) in [6.45, 7) is 19.6. The predicted molar refractivity (Wildman–Crippen MR) is 288 cm³/mol. The molecule has 0 spiro atoms. The maximum Gasteiger partial charge on any atom is 0.306 e. The maximum absolute atomic E-state index is 13.1. The third kappa shape index (κ3) is 41.8. The van der Waals surface area contributed by atoms with Crippen LogP contribution in [0.1, 0.15) is 243 Å². The Morgan fingerprint density at radius 3 is 1.33 bits per heavy atom.